The van der Waals surface area contributed by atoms with Gasteiger partial charge in [0.2, 0.25) is 0 Å². The second kappa shape index (κ2) is 38.2. The molecule has 0 aromatic heterocycles. The maximum absolute atomic E-state index is 12.3. The molecule has 6 aliphatic carbocycles. The molecule has 6 fully saturated rings. The summed E-state index contributed by atoms with van der Waals surface area (Å²) < 4.78 is 34.9. The summed E-state index contributed by atoms with van der Waals surface area (Å²) in [4.78, 5) is 72.6. The standard InChI is InChI=1S/C16H30O2.C15H28O2.2C14H26O2.C13H24O2.C12H22O2/c1-6-15(3,4)14(17)18-16(5,7-2)13-11-9-8-10-12-13;1-7-14(5,6)12(16)17-15(13(2,3)4)10-8-9-11-15;1-6-13(2,3)12(15)16-14(4,5)11-9-7-8-10-11;1-6-13(4,5)12(15)16-14(11(2)3)9-7-8-10-14;1-5-12(3,4)11(14)15-13(6-2)9-7-8-10-13;1-5-11(2,3)10(13)14-12(4)8-6-7-9-12/h13H,6-12H2,1-5H3;7-11H2,1-6H3;2*11H,6-10H2,1-5H3;5-10H2,1-4H3;5-9H2,1-4H3. The second-order valence-corrected chi connectivity index (χ2v) is 36.6. The van der Waals surface area contributed by atoms with Crippen molar-refractivity contribution in [1.29, 1.82) is 0 Å². The summed E-state index contributed by atoms with van der Waals surface area (Å²) in [6.07, 6.45) is 36.0. The predicted molar refractivity (Wildman–Crippen MR) is 397 cm³/mol. The zero-order valence-electron chi connectivity index (χ0n) is 68.5. The first-order valence-electron chi connectivity index (χ1n) is 39.4. The van der Waals surface area contributed by atoms with Gasteiger partial charge in [0.05, 0.1) is 32.5 Å². The average molecular weight is 1360 g/mol. The van der Waals surface area contributed by atoms with E-state index in [0.29, 0.717) is 17.8 Å². The van der Waals surface area contributed by atoms with E-state index in [1.807, 2.05) is 125 Å². The van der Waals surface area contributed by atoms with E-state index in [0.717, 1.165) is 103 Å². The predicted octanol–water partition coefficient (Wildman–Crippen LogP) is 23.9. The van der Waals surface area contributed by atoms with Gasteiger partial charge in [-0.1, -0.05) is 122 Å². The van der Waals surface area contributed by atoms with Crippen LogP contribution in [0.25, 0.3) is 0 Å². The van der Waals surface area contributed by atoms with Gasteiger partial charge >= 0.3 is 35.8 Å². The lowest BCUT2D eigenvalue weighted by atomic mass is 9.74. The molecule has 0 N–H and O–H groups in total. The van der Waals surface area contributed by atoms with E-state index in [2.05, 4.69) is 76.2 Å². The third-order valence-electron chi connectivity index (χ3n) is 25.1. The van der Waals surface area contributed by atoms with E-state index in [1.54, 1.807) is 0 Å². The summed E-state index contributed by atoms with van der Waals surface area (Å²) >= 11 is 0. The monoisotopic (exact) mass is 1360 g/mol. The molecule has 1 unspecified atom stereocenters. The van der Waals surface area contributed by atoms with Crippen LogP contribution in [0.1, 0.15) is 413 Å². The van der Waals surface area contributed by atoms with E-state index in [-0.39, 0.29) is 107 Å². The first kappa shape index (κ1) is 90.8. The molecule has 96 heavy (non-hydrogen) atoms. The Kier molecular flexibility index (Phi) is 36.1. The molecule has 0 aromatic carbocycles. The lowest BCUT2D eigenvalue weighted by Gasteiger charge is -2.42. The SMILES string of the molecule is CCC(C)(C)C(=O)OC(C)(C)C1CCCC1.CCC(C)(C)C(=O)OC(C)(CC)C1CCCCC1.CCC(C)(C)C(=O)OC1(C(C)(C)C)CCCC1.CCC(C)(C)C(=O)OC1(C(C)C)CCCC1.CCC(C)(C)C(=O)OC1(C)CCCC1.CCC1(OC(=O)C(C)(C)CC)CCCC1. The summed E-state index contributed by atoms with van der Waals surface area (Å²) in [6.45, 7) is 59.3. The number of rotatable bonds is 23. The zero-order valence-corrected chi connectivity index (χ0v) is 68.5. The largest absolute Gasteiger partial charge is 0.459 e. The van der Waals surface area contributed by atoms with E-state index in [1.165, 1.54) is 109 Å². The number of hydrogen-bond donors (Lipinski definition) is 0. The van der Waals surface area contributed by atoms with E-state index in [4.69, 9.17) is 28.4 Å². The summed E-state index contributed by atoms with van der Waals surface area (Å²) in [6, 6.07) is 0. The van der Waals surface area contributed by atoms with Crippen molar-refractivity contribution in [3.8, 4) is 0 Å². The number of hydrogen-bond acceptors (Lipinski definition) is 12. The summed E-state index contributed by atoms with van der Waals surface area (Å²) in [5.74, 6) is 1.33. The van der Waals surface area contributed by atoms with Gasteiger partial charge in [-0.2, -0.15) is 0 Å². The molecule has 12 heteroatoms. The lowest BCUT2D eigenvalue weighted by molar-refractivity contribution is -0.183. The van der Waals surface area contributed by atoms with Crippen LogP contribution in [0, 0.1) is 55.7 Å². The zero-order chi connectivity index (χ0) is 74.3. The number of esters is 6. The summed E-state index contributed by atoms with van der Waals surface area (Å²) in [7, 11) is 0. The van der Waals surface area contributed by atoms with Crippen LogP contribution in [0.4, 0.5) is 0 Å². The fraction of sp³-hybridized carbons (Fsp3) is 0.929. The first-order chi connectivity index (χ1) is 44.0. The second-order valence-electron chi connectivity index (χ2n) is 36.6. The van der Waals surface area contributed by atoms with Crippen LogP contribution in [0.2, 0.25) is 0 Å². The minimum absolute atomic E-state index is 0.0197. The van der Waals surface area contributed by atoms with Crippen LogP contribution in [-0.2, 0) is 57.2 Å². The molecule has 0 radical (unpaired) electrons. The molecular formula is C84H156O12. The van der Waals surface area contributed by atoms with Crippen LogP contribution < -0.4 is 0 Å². The third-order valence-corrected chi connectivity index (χ3v) is 25.1. The Bertz CT molecular complexity index is 2320. The number of carbonyl (C=O) groups is 6. The third kappa shape index (κ3) is 27.0. The normalized spacial score (nSPS) is 20.3. The molecule has 0 amide bonds. The Balaban J connectivity index is 0.000000577. The Hall–Kier alpha value is -3.18. The van der Waals surface area contributed by atoms with Crippen molar-refractivity contribution in [3.05, 3.63) is 0 Å². The smallest absolute Gasteiger partial charge is 0.312 e. The fourth-order valence-corrected chi connectivity index (χ4v) is 13.3. The van der Waals surface area contributed by atoms with Gasteiger partial charge in [0.25, 0.3) is 0 Å². The highest BCUT2D eigenvalue weighted by Gasteiger charge is 2.50. The summed E-state index contributed by atoms with van der Waals surface area (Å²) in [5, 5.41) is 0. The molecule has 564 valence electrons. The number of carbonyl (C=O) groups excluding carboxylic acids is 6. The van der Waals surface area contributed by atoms with Crippen LogP contribution in [0.15, 0.2) is 0 Å². The molecule has 6 rings (SSSR count). The van der Waals surface area contributed by atoms with Crippen molar-refractivity contribution in [3.63, 3.8) is 0 Å². The molecule has 6 aliphatic rings. The van der Waals surface area contributed by atoms with Gasteiger partial charge in [-0.15, -0.1) is 0 Å². The molecule has 0 heterocycles. The molecule has 12 nitrogen and oxygen atoms in total. The van der Waals surface area contributed by atoms with Crippen LogP contribution in [0.5, 0.6) is 0 Å². The van der Waals surface area contributed by atoms with Gasteiger partial charge in [0.1, 0.15) is 33.6 Å². The highest BCUT2D eigenvalue weighted by atomic mass is 16.6. The Morgan fingerprint density at radius 1 is 0.344 bits per heavy atom. The molecule has 0 aliphatic heterocycles. The maximum Gasteiger partial charge on any atom is 0.312 e. The van der Waals surface area contributed by atoms with E-state index < -0.39 is 0 Å². The average Bonchev–Trinajstić information content (AvgIpc) is 1.49. The van der Waals surface area contributed by atoms with E-state index in [9.17, 15) is 28.8 Å². The van der Waals surface area contributed by atoms with Crippen molar-refractivity contribution in [2.24, 2.45) is 55.7 Å². The van der Waals surface area contributed by atoms with Crippen molar-refractivity contribution in [2.75, 3.05) is 0 Å². The van der Waals surface area contributed by atoms with Crippen molar-refractivity contribution in [1.82, 2.24) is 0 Å². The molecule has 6 saturated carbocycles. The molecule has 0 spiro atoms. The van der Waals surface area contributed by atoms with Gasteiger partial charge < -0.3 is 28.4 Å². The minimum atomic E-state index is -0.360. The van der Waals surface area contributed by atoms with Crippen LogP contribution >= 0.6 is 0 Å². The van der Waals surface area contributed by atoms with Gasteiger partial charge in [0.15, 0.2) is 0 Å². The first-order valence-corrected chi connectivity index (χ1v) is 39.4. The highest BCUT2D eigenvalue weighted by Crippen LogP contribution is 2.49. The lowest BCUT2D eigenvalue weighted by Crippen LogP contribution is -2.47. The molecule has 1 atom stereocenters. The van der Waals surface area contributed by atoms with Crippen molar-refractivity contribution >= 4 is 35.8 Å². The highest BCUT2D eigenvalue weighted by molar-refractivity contribution is 5.78. The Morgan fingerprint density at radius 2 is 0.656 bits per heavy atom. The molecule has 0 saturated heterocycles. The molecular weight excluding hydrogens is 1200 g/mol. The topological polar surface area (TPSA) is 158 Å². The van der Waals surface area contributed by atoms with Crippen LogP contribution in [-0.4, -0.2) is 69.4 Å². The van der Waals surface area contributed by atoms with Gasteiger partial charge in [-0.3, -0.25) is 28.8 Å². The fourth-order valence-electron chi connectivity index (χ4n) is 13.3. The van der Waals surface area contributed by atoms with Gasteiger partial charge in [-0.05, 0) is 308 Å². The Labute approximate surface area is 592 Å². The molecule has 0 aromatic rings. The van der Waals surface area contributed by atoms with Crippen molar-refractivity contribution in [2.45, 2.75) is 446 Å². The molecule has 0 bridgehead atoms. The Morgan fingerprint density at radius 3 is 1.02 bits per heavy atom. The minimum Gasteiger partial charge on any atom is -0.459 e. The van der Waals surface area contributed by atoms with Gasteiger partial charge in [0, 0.05) is 5.41 Å². The van der Waals surface area contributed by atoms with Gasteiger partial charge in [-0.25, -0.2) is 0 Å². The maximum atomic E-state index is 12.3. The van der Waals surface area contributed by atoms with Crippen molar-refractivity contribution < 1.29 is 57.2 Å². The quantitative estimate of drug-likeness (QED) is 0.0705. The number of ether oxygens (including phenoxy) is 6. The summed E-state index contributed by atoms with van der Waals surface area (Å²) in [5.41, 5.74) is -3.32. The van der Waals surface area contributed by atoms with Crippen LogP contribution in [0.3, 0.4) is 0 Å². The van der Waals surface area contributed by atoms with E-state index >= 15 is 0 Å².